The van der Waals surface area contributed by atoms with Gasteiger partial charge in [0.2, 0.25) is 0 Å². The van der Waals surface area contributed by atoms with Crippen LogP contribution in [0.15, 0.2) is 29.3 Å². The maximum Gasteiger partial charge on any atom is 0.407 e. The number of benzene rings is 1. The minimum atomic E-state index is -0.388. The number of halogens is 2. The zero-order valence-electron chi connectivity index (χ0n) is 16.5. The Hall–Kier alpha value is -1.78. The topological polar surface area (TPSA) is 84.0 Å². The Morgan fingerprint density at radius 3 is 2.46 bits per heavy atom. The van der Waals surface area contributed by atoms with Gasteiger partial charge in [0, 0.05) is 13.6 Å². The molecule has 1 aromatic rings. The number of alkyl carbamates (subject to hydrolysis) is 1. The van der Waals surface area contributed by atoms with Crippen molar-refractivity contribution in [2.45, 2.75) is 38.8 Å². The maximum atomic E-state index is 12.9. The zero-order valence-corrected chi connectivity index (χ0v) is 18.9. The predicted octanol–water partition coefficient (Wildman–Crippen LogP) is 2.90. The highest BCUT2D eigenvalue weighted by Gasteiger charge is 2.32. The van der Waals surface area contributed by atoms with Crippen LogP contribution in [0.25, 0.3) is 0 Å². The van der Waals surface area contributed by atoms with Crippen molar-refractivity contribution in [3.63, 3.8) is 0 Å². The fraction of sp³-hybridized carbons (Fsp3) is 0.579. The molecule has 0 aromatic heterocycles. The molecular weight excluding hydrogens is 478 g/mol. The average Bonchev–Trinajstić information content (AvgIpc) is 3.48. The van der Waals surface area contributed by atoms with Crippen LogP contribution in [0.5, 0.6) is 5.75 Å². The van der Waals surface area contributed by atoms with Gasteiger partial charge in [-0.1, -0.05) is 0 Å². The molecule has 28 heavy (non-hydrogen) atoms. The summed E-state index contributed by atoms with van der Waals surface area (Å²) in [6.45, 7) is 5.14. The van der Waals surface area contributed by atoms with Crippen molar-refractivity contribution in [3.8, 4) is 5.75 Å². The van der Waals surface area contributed by atoms with E-state index in [1.54, 1.807) is 26.1 Å². The van der Waals surface area contributed by atoms with E-state index in [-0.39, 0.29) is 48.0 Å². The first-order chi connectivity index (χ1) is 13.0. The van der Waals surface area contributed by atoms with Gasteiger partial charge in [-0.15, -0.1) is 24.0 Å². The SMILES string of the molecule is CCOC(=O)NC(CNC(=NC)NCC(C)Oc1ccc(F)cc1)C1CC1.I. The third-order valence-electron chi connectivity index (χ3n) is 4.19. The lowest BCUT2D eigenvalue weighted by Crippen LogP contribution is -2.49. The first kappa shape index (κ1) is 24.3. The number of hydrogen-bond acceptors (Lipinski definition) is 4. The van der Waals surface area contributed by atoms with Gasteiger partial charge in [-0.05, 0) is 56.9 Å². The number of ether oxygens (including phenoxy) is 2. The van der Waals surface area contributed by atoms with Gasteiger partial charge in [0.05, 0.1) is 19.2 Å². The van der Waals surface area contributed by atoms with E-state index in [0.717, 1.165) is 12.8 Å². The first-order valence-electron chi connectivity index (χ1n) is 9.31. The number of hydrogen-bond donors (Lipinski definition) is 3. The van der Waals surface area contributed by atoms with Gasteiger partial charge in [-0.3, -0.25) is 4.99 Å². The van der Waals surface area contributed by atoms with Crippen molar-refractivity contribution in [2.24, 2.45) is 10.9 Å². The monoisotopic (exact) mass is 508 g/mol. The summed E-state index contributed by atoms with van der Waals surface area (Å²) in [4.78, 5) is 15.9. The molecule has 0 heterocycles. The number of nitrogens with zero attached hydrogens (tertiary/aromatic N) is 1. The molecule has 0 bridgehead atoms. The number of nitrogens with one attached hydrogen (secondary N) is 3. The molecule has 1 saturated carbocycles. The smallest absolute Gasteiger partial charge is 0.407 e. The molecule has 2 rings (SSSR count). The Bertz CT molecular complexity index is 626. The highest BCUT2D eigenvalue weighted by Crippen LogP contribution is 2.32. The number of amides is 1. The van der Waals surface area contributed by atoms with Crippen LogP contribution < -0.4 is 20.7 Å². The third kappa shape index (κ3) is 8.94. The fourth-order valence-electron chi connectivity index (χ4n) is 2.61. The van der Waals surface area contributed by atoms with Crippen LogP contribution in [0.3, 0.4) is 0 Å². The van der Waals surface area contributed by atoms with Crippen LogP contribution in [0.2, 0.25) is 0 Å². The van der Waals surface area contributed by atoms with Crippen molar-refractivity contribution in [3.05, 3.63) is 30.1 Å². The van der Waals surface area contributed by atoms with E-state index in [0.29, 0.717) is 37.3 Å². The summed E-state index contributed by atoms with van der Waals surface area (Å²) >= 11 is 0. The van der Waals surface area contributed by atoms with E-state index in [1.807, 2.05) is 6.92 Å². The van der Waals surface area contributed by atoms with Gasteiger partial charge in [0.25, 0.3) is 0 Å². The van der Waals surface area contributed by atoms with Gasteiger partial charge >= 0.3 is 6.09 Å². The summed E-state index contributed by atoms with van der Waals surface area (Å²) in [5.41, 5.74) is 0. The van der Waals surface area contributed by atoms with Crippen LogP contribution >= 0.6 is 24.0 Å². The molecule has 1 aromatic carbocycles. The standard InChI is InChI=1S/C19H29FN4O3.HI/c1-4-26-19(25)24-17(14-5-6-14)12-23-18(21-3)22-11-13(2)27-16-9-7-15(20)8-10-16;/h7-10,13-14,17H,4-6,11-12H2,1-3H3,(H,24,25)(H2,21,22,23);1H. The summed E-state index contributed by atoms with van der Waals surface area (Å²) in [5, 5.41) is 9.32. The fourth-order valence-corrected chi connectivity index (χ4v) is 2.61. The summed E-state index contributed by atoms with van der Waals surface area (Å²) in [6.07, 6.45) is 1.69. The van der Waals surface area contributed by atoms with Crippen molar-refractivity contribution in [1.29, 1.82) is 0 Å². The van der Waals surface area contributed by atoms with Gasteiger partial charge in [0.1, 0.15) is 17.7 Å². The first-order valence-corrected chi connectivity index (χ1v) is 9.31. The van der Waals surface area contributed by atoms with Crippen LogP contribution in [-0.2, 0) is 4.74 Å². The van der Waals surface area contributed by atoms with E-state index >= 15 is 0 Å². The van der Waals surface area contributed by atoms with Crippen molar-refractivity contribution in [1.82, 2.24) is 16.0 Å². The van der Waals surface area contributed by atoms with E-state index in [2.05, 4.69) is 20.9 Å². The molecule has 9 heteroatoms. The minimum Gasteiger partial charge on any atom is -0.489 e. The Kier molecular flexibility index (Phi) is 10.9. The third-order valence-corrected chi connectivity index (χ3v) is 4.19. The highest BCUT2D eigenvalue weighted by molar-refractivity contribution is 14.0. The van der Waals surface area contributed by atoms with Crippen molar-refractivity contribution in [2.75, 3.05) is 26.7 Å². The van der Waals surface area contributed by atoms with E-state index < -0.39 is 0 Å². The highest BCUT2D eigenvalue weighted by atomic mass is 127. The number of aliphatic imine (C=N–C) groups is 1. The molecule has 2 unspecified atom stereocenters. The lowest BCUT2D eigenvalue weighted by molar-refractivity contribution is 0.146. The molecule has 7 nitrogen and oxygen atoms in total. The molecule has 0 radical (unpaired) electrons. The predicted molar refractivity (Wildman–Crippen MR) is 118 cm³/mol. The number of rotatable bonds is 9. The average molecular weight is 508 g/mol. The van der Waals surface area contributed by atoms with Crippen molar-refractivity contribution >= 4 is 36.0 Å². The van der Waals surface area contributed by atoms with E-state index in [1.165, 1.54) is 12.1 Å². The van der Waals surface area contributed by atoms with Gasteiger partial charge < -0.3 is 25.4 Å². The Morgan fingerprint density at radius 2 is 1.89 bits per heavy atom. The Labute approximate surface area is 182 Å². The summed E-state index contributed by atoms with van der Waals surface area (Å²) in [5.74, 6) is 1.42. The van der Waals surface area contributed by atoms with Crippen LogP contribution in [-0.4, -0.2) is 50.9 Å². The molecule has 1 aliphatic rings. The molecule has 0 aliphatic heterocycles. The Morgan fingerprint density at radius 1 is 1.25 bits per heavy atom. The molecule has 1 amide bonds. The van der Waals surface area contributed by atoms with Gasteiger partial charge in [0.15, 0.2) is 5.96 Å². The summed E-state index contributed by atoms with van der Waals surface area (Å²) < 4.78 is 23.6. The molecule has 3 N–H and O–H groups in total. The minimum absolute atomic E-state index is 0. The molecule has 2 atom stereocenters. The normalized spacial score (nSPS) is 15.6. The second kappa shape index (κ2) is 12.6. The lowest BCUT2D eigenvalue weighted by atomic mass is 10.2. The summed E-state index contributed by atoms with van der Waals surface area (Å²) in [6, 6.07) is 5.94. The number of carbonyl (C=O) groups excluding carboxylic acids is 1. The van der Waals surface area contributed by atoms with Crippen LogP contribution in [0, 0.1) is 11.7 Å². The maximum absolute atomic E-state index is 12.9. The Balaban J connectivity index is 0.00000392. The quantitative estimate of drug-likeness (QED) is 0.272. The van der Waals surface area contributed by atoms with E-state index in [9.17, 15) is 9.18 Å². The number of carbonyl (C=O) groups is 1. The molecule has 0 saturated heterocycles. The van der Waals surface area contributed by atoms with E-state index in [4.69, 9.17) is 9.47 Å². The zero-order chi connectivity index (χ0) is 19.6. The lowest BCUT2D eigenvalue weighted by Gasteiger charge is -2.21. The van der Waals surface area contributed by atoms with Gasteiger partial charge in [-0.25, -0.2) is 9.18 Å². The molecule has 0 spiro atoms. The van der Waals surface area contributed by atoms with Crippen molar-refractivity contribution < 1.29 is 18.7 Å². The second-order valence-corrected chi connectivity index (χ2v) is 6.53. The molecule has 1 fully saturated rings. The molecule has 158 valence electrons. The molecule has 1 aliphatic carbocycles. The summed E-state index contributed by atoms with van der Waals surface area (Å²) in [7, 11) is 1.69. The largest absolute Gasteiger partial charge is 0.489 e. The number of guanidine groups is 1. The van der Waals surface area contributed by atoms with Crippen LogP contribution in [0.4, 0.5) is 9.18 Å². The second-order valence-electron chi connectivity index (χ2n) is 6.53. The van der Waals surface area contributed by atoms with Gasteiger partial charge in [-0.2, -0.15) is 0 Å². The van der Waals surface area contributed by atoms with Crippen LogP contribution in [0.1, 0.15) is 26.7 Å². The molecular formula is C19H30FIN4O3.